The number of hydrogen-bond acceptors (Lipinski definition) is 7. The van der Waals surface area contributed by atoms with Gasteiger partial charge in [-0.2, -0.15) is 5.10 Å². The Labute approximate surface area is 198 Å². The van der Waals surface area contributed by atoms with Crippen LogP contribution in [0.1, 0.15) is 58.3 Å². The summed E-state index contributed by atoms with van der Waals surface area (Å²) in [4.78, 5) is 25.1. The number of esters is 1. The Bertz CT molecular complexity index is 1170. The van der Waals surface area contributed by atoms with Crippen LogP contribution in [-0.4, -0.2) is 56.4 Å². The summed E-state index contributed by atoms with van der Waals surface area (Å²) in [5.41, 5.74) is 2.61. The van der Waals surface area contributed by atoms with E-state index in [1.54, 1.807) is 0 Å². The number of aromatic nitrogens is 2. The van der Waals surface area contributed by atoms with E-state index >= 15 is 0 Å². The maximum Gasteiger partial charge on any atom is 0.338 e. The van der Waals surface area contributed by atoms with Crippen LogP contribution in [0.25, 0.3) is 0 Å². The highest BCUT2D eigenvalue weighted by Crippen LogP contribution is 2.37. The lowest BCUT2D eigenvalue weighted by Gasteiger charge is -2.36. The number of carbonyl (C=O) groups excluding carboxylic acids is 2. The summed E-state index contributed by atoms with van der Waals surface area (Å²) in [7, 11) is -3.82. The largest absolute Gasteiger partial charge is 0.462 e. The van der Waals surface area contributed by atoms with Gasteiger partial charge < -0.3 is 14.8 Å². The van der Waals surface area contributed by atoms with E-state index in [0.29, 0.717) is 44.7 Å². The van der Waals surface area contributed by atoms with Gasteiger partial charge in [0.05, 0.1) is 34.0 Å². The van der Waals surface area contributed by atoms with E-state index in [9.17, 15) is 18.0 Å². The van der Waals surface area contributed by atoms with Gasteiger partial charge in [-0.3, -0.25) is 9.48 Å². The molecular weight excluding hydrogens is 460 g/mol. The molecule has 11 heteroatoms. The molecule has 3 heterocycles. The van der Waals surface area contributed by atoms with E-state index in [-0.39, 0.29) is 28.4 Å². The van der Waals surface area contributed by atoms with Gasteiger partial charge in [0.1, 0.15) is 0 Å². The first-order valence-corrected chi connectivity index (χ1v) is 13.0. The lowest BCUT2D eigenvalue weighted by Crippen LogP contribution is -2.40. The van der Waals surface area contributed by atoms with Crippen molar-refractivity contribution in [3.05, 3.63) is 46.8 Å². The molecule has 2 aromatic rings. The lowest BCUT2D eigenvalue weighted by atomic mass is 9.76. The molecule has 4 rings (SSSR count). The first kappa shape index (κ1) is 24.4. The summed E-state index contributed by atoms with van der Waals surface area (Å²) in [6, 6.07) is 5.28. The van der Waals surface area contributed by atoms with Crippen molar-refractivity contribution >= 4 is 21.9 Å². The number of nitrogens with two attached hydrogens (primary N) is 1. The van der Waals surface area contributed by atoms with E-state index in [2.05, 4.69) is 5.32 Å². The Kier molecular flexibility index (Phi) is 7.06. The third kappa shape index (κ3) is 5.16. The maximum atomic E-state index is 12.9. The van der Waals surface area contributed by atoms with Gasteiger partial charge in [0.2, 0.25) is 10.0 Å². The average molecular weight is 491 g/mol. The van der Waals surface area contributed by atoms with Gasteiger partial charge in [0, 0.05) is 32.7 Å². The Balaban J connectivity index is 1.42. The summed E-state index contributed by atoms with van der Waals surface area (Å²) >= 11 is 0. The standard InChI is InChI=1S/C23H30N4O6S/c1-2-18-20-19(14-23(15-25-21(20)28)8-12-32-13-9-23)27(26-18)10-3-11-33-22(29)16-4-6-17(7-5-16)34(24,30)31/h4-7H,2-3,8-15H2,1H3,(H,25,28)(H2,24,30,31). The second-order valence-electron chi connectivity index (χ2n) is 8.88. The molecule has 1 fully saturated rings. The van der Waals surface area contributed by atoms with Gasteiger partial charge in [-0.15, -0.1) is 0 Å². The zero-order valence-corrected chi connectivity index (χ0v) is 20.0. The van der Waals surface area contributed by atoms with Crippen LogP contribution in [0, 0.1) is 5.41 Å². The summed E-state index contributed by atoms with van der Waals surface area (Å²) < 4.78 is 35.5. The number of sulfonamides is 1. The highest BCUT2D eigenvalue weighted by Gasteiger charge is 2.39. The molecule has 2 aliphatic heterocycles. The number of aryl methyl sites for hydroxylation is 2. The quantitative estimate of drug-likeness (QED) is 0.441. The van der Waals surface area contributed by atoms with Gasteiger partial charge >= 0.3 is 5.97 Å². The third-order valence-electron chi connectivity index (χ3n) is 6.58. The number of nitrogens with one attached hydrogen (secondary N) is 1. The number of hydrogen-bond donors (Lipinski definition) is 2. The number of amides is 1. The summed E-state index contributed by atoms with van der Waals surface area (Å²) in [5, 5.41) is 12.9. The molecule has 0 saturated carbocycles. The van der Waals surface area contributed by atoms with Gasteiger partial charge in [-0.25, -0.2) is 18.4 Å². The molecule has 10 nitrogen and oxygen atoms in total. The minimum absolute atomic E-state index is 0.0302. The smallest absolute Gasteiger partial charge is 0.338 e. The molecule has 184 valence electrons. The fourth-order valence-corrected chi connectivity index (χ4v) is 5.12. The van der Waals surface area contributed by atoms with Gasteiger partial charge in [0.25, 0.3) is 5.91 Å². The maximum absolute atomic E-state index is 12.9. The Morgan fingerprint density at radius 2 is 1.97 bits per heavy atom. The number of benzene rings is 1. The Hall–Kier alpha value is -2.76. The number of fused-ring (bicyclic) bond motifs is 1. The molecule has 1 amide bonds. The predicted molar refractivity (Wildman–Crippen MR) is 123 cm³/mol. The molecule has 1 saturated heterocycles. The predicted octanol–water partition coefficient (Wildman–Crippen LogP) is 1.42. The topological polar surface area (TPSA) is 143 Å². The minimum atomic E-state index is -3.82. The van der Waals surface area contributed by atoms with Crippen molar-refractivity contribution in [2.45, 2.75) is 50.5 Å². The fourth-order valence-electron chi connectivity index (χ4n) is 4.60. The minimum Gasteiger partial charge on any atom is -0.462 e. The van der Waals surface area contributed by atoms with E-state index in [4.69, 9.17) is 19.7 Å². The first-order valence-electron chi connectivity index (χ1n) is 11.5. The van der Waals surface area contributed by atoms with Crippen molar-refractivity contribution in [3.63, 3.8) is 0 Å². The molecule has 0 bridgehead atoms. The van der Waals surface area contributed by atoms with Crippen LogP contribution in [-0.2, 0) is 38.9 Å². The van der Waals surface area contributed by atoms with Crippen LogP contribution in [0.3, 0.4) is 0 Å². The molecule has 1 aromatic carbocycles. The summed E-state index contributed by atoms with van der Waals surface area (Å²) in [6.07, 6.45) is 3.72. The van der Waals surface area contributed by atoms with Crippen LogP contribution in [0.15, 0.2) is 29.2 Å². The number of rotatable bonds is 7. The summed E-state index contributed by atoms with van der Waals surface area (Å²) in [5.74, 6) is -0.620. The Morgan fingerprint density at radius 3 is 2.62 bits per heavy atom. The zero-order chi connectivity index (χ0) is 24.3. The number of carbonyl (C=O) groups is 2. The highest BCUT2D eigenvalue weighted by molar-refractivity contribution is 7.89. The lowest BCUT2D eigenvalue weighted by molar-refractivity contribution is 0.0152. The van der Waals surface area contributed by atoms with Crippen LogP contribution < -0.4 is 10.5 Å². The Morgan fingerprint density at radius 1 is 1.26 bits per heavy atom. The van der Waals surface area contributed by atoms with Crippen LogP contribution in [0.2, 0.25) is 0 Å². The van der Waals surface area contributed by atoms with E-state index in [0.717, 1.165) is 30.7 Å². The highest BCUT2D eigenvalue weighted by atomic mass is 32.2. The number of nitrogens with zero attached hydrogens (tertiary/aromatic N) is 2. The molecule has 1 aromatic heterocycles. The van der Waals surface area contributed by atoms with Gasteiger partial charge in [-0.1, -0.05) is 6.92 Å². The molecule has 0 atom stereocenters. The fraction of sp³-hybridized carbons (Fsp3) is 0.522. The van der Waals surface area contributed by atoms with Crippen molar-refractivity contribution in [3.8, 4) is 0 Å². The zero-order valence-electron chi connectivity index (χ0n) is 19.2. The average Bonchev–Trinajstić information content (AvgIpc) is 3.10. The number of ether oxygens (including phenoxy) is 2. The molecule has 2 aliphatic rings. The van der Waals surface area contributed by atoms with Gasteiger partial charge in [-0.05, 0) is 55.4 Å². The summed E-state index contributed by atoms with van der Waals surface area (Å²) in [6.45, 7) is 4.67. The third-order valence-corrected chi connectivity index (χ3v) is 7.51. The van der Waals surface area contributed by atoms with E-state index in [1.807, 2.05) is 11.6 Å². The molecule has 0 radical (unpaired) electrons. The molecular formula is C23H30N4O6S. The molecule has 34 heavy (non-hydrogen) atoms. The molecule has 0 unspecified atom stereocenters. The monoisotopic (exact) mass is 490 g/mol. The van der Waals surface area contributed by atoms with Gasteiger partial charge in [0.15, 0.2) is 0 Å². The van der Waals surface area contributed by atoms with E-state index < -0.39 is 16.0 Å². The molecule has 0 aliphatic carbocycles. The first-order chi connectivity index (χ1) is 16.2. The SMILES string of the molecule is CCc1nn(CCCOC(=O)c2ccc(S(N)(=O)=O)cc2)c2c1C(=O)NCC1(CCOCC1)C2. The second kappa shape index (κ2) is 9.85. The molecule has 3 N–H and O–H groups in total. The van der Waals surface area contributed by atoms with Crippen LogP contribution in [0.4, 0.5) is 0 Å². The van der Waals surface area contributed by atoms with Crippen molar-refractivity contribution in [1.29, 1.82) is 0 Å². The van der Waals surface area contributed by atoms with Crippen LogP contribution in [0.5, 0.6) is 0 Å². The second-order valence-corrected chi connectivity index (χ2v) is 10.4. The van der Waals surface area contributed by atoms with E-state index in [1.165, 1.54) is 24.3 Å². The molecule has 1 spiro atoms. The number of primary sulfonamides is 1. The van der Waals surface area contributed by atoms with Crippen molar-refractivity contribution < 1.29 is 27.5 Å². The van der Waals surface area contributed by atoms with Crippen LogP contribution >= 0.6 is 0 Å². The van der Waals surface area contributed by atoms with Crippen molar-refractivity contribution in [2.75, 3.05) is 26.4 Å². The van der Waals surface area contributed by atoms with Crippen molar-refractivity contribution in [2.24, 2.45) is 10.6 Å². The van der Waals surface area contributed by atoms with Crippen molar-refractivity contribution in [1.82, 2.24) is 15.1 Å². The normalized spacial score (nSPS) is 17.6.